The molecule has 1 saturated heterocycles. The third-order valence-corrected chi connectivity index (χ3v) is 4.97. The normalized spacial score (nSPS) is 19.2. The van der Waals surface area contributed by atoms with Gasteiger partial charge in [0.25, 0.3) is 5.91 Å². The van der Waals surface area contributed by atoms with Gasteiger partial charge in [0.1, 0.15) is 12.3 Å². The van der Waals surface area contributed by atoms with Crippen molar-refractivity contribution >= 4 is 17.8 Å². The van der Waals surface area contributed by atoms with Gasteiger partial charge in [-0.05, 0) is 42.5 Å². The summed E-state index contributed by atoms with van der Waals surface area (Å²) in [6, 6.07) is 10.9. The van der Waals surface area contributed by atoms with E-state index in [4.69, 9.17) is 4.42 Å². The summed E-state index contributed by atoms with van der Waals surface area (Å²) in [6.45, 7) is 5.95. The van der Waals surface area contributed by atoms with Crippen LogP contribution in [-0.4, -0.2) is 35.8 Å². The molecule has 4 amide bonds. The minimum atomic E-state index is -1.29. The summed E-state index contributed by atoms with van der Waals surface area (Å²) >= 11 is 0. The highest BCUT2D eigenvalue weighted by Crippen LogP contribution is 2.28. The molecule has 1 aromatic carbocycles. The van der Waals surface area contributed by atoms with Crippen molar-refractivity contribution in [1.29, 1.82) is 0 Å². The van der Waals surface area contributed by atoms with Gasteiger partial charge in [0.05, 0.1) is 6.26 Å². The van der Waals surface area contributed by atoms with Crippen LogP contribution in [-0.2, 0) is 21.5 Å². The topological polar surface area (TPSA) is 91.7 Å². The van der Waals surface area contributed by atoms with Crippen LogP contribution in [0, 0.1) is 0 Å². The van der Waals surface area contributed by atoms with Crippen LogP contribution in [0.25, 0.3) is 0 Å². The number of hydrogen-bond donors (Lipinski definition) is 2. The number of carbonyl (C=O) groups is 3. The molecule has 2 heterocycles. The zero-order chi connectivity index (χ0) is 20.3. The van der Waals surface area contributed by atoms with Crippen LogP contribution in [0.15, 0.2) is 47.1 Å². The Hall–Kier alpha value is -3.09. The summed E-state index contributed by atoms with van der Waals surface area (Å²) < 4.78 is 5.27. The van der Waals surface area contributed by atoms with Crippen molar-refractivity contribution in [3.8, 4) is 0 Å². The number of amides is 4. The molecule has 1 aliphatic rings. The van der Waals surface area contributed by atoms with E-state index < -0.39 is 17.5 Å². The first-order valence-electron chi connectivity index (χ1n) is 9.35. The molecule has 1 aliphatic heterocycles. The fourth-order valence-corrected chi connectivity index (χ4v) is 3.19. The van der Waals surface area contributed by atoms with Gasteiger partial charge in [0.15, 0.2) is 5.54 Å². The molecule has 0 aliphatic carbocycles. The molecule has 3 rings (SSSR count). The fourth-order valence-electron chi connectivity index (χ4n) is 3.19. The number of rotatable bonds is 7. The fraction of sp³-hybridized carbons (Fsp3) is 0.381. The van der Waals surface area contributed by atoms with Crippen LogP contribution in [0.5, 0.6) is 0 Å². The van der Waals surface area contributed by atoms with Gasteiger partial charge in [0.2, 0.25) is 5.91 Å². The summed E-state index contributed by atoms with van der Waals surface area (Å²) in [5, 5.41) is 5.36. The summed E-state index contributed by atoms with van der Waals surface area (Å²) in [5.74, 6) is -0.0822. The van der Waals surface area contributed by atoms with Crippen LogP contribution in [0.3, 0.4) is 0 Å². The largest absolute Gasteiger partial charge is 0.466 e. The molecule has 0 saturated carbocycles. The predicted molar refractivity (Wildman–Crippen MR) is 104 cm³/mol. The molecule has 7 heteroatoms. The van der Waals surface area contributed by atoms with Gasteiger partial charge in [-0.25, -0.2) is 4.79 Å². The molecule has 1 atom stereocenters. The Bertz CT molecular complexity index is 858. The third kappa shape index (κ3) is 3.93. The second-order valence-electron chi connectivity index (χ2n) is 7.42. The highest BCUT2D eigenvalue weighted by atomic mass is 16.3. The van der Waals surface area contributed by atoms with Crippen molar-refractivity contribution in [1.82, 2.24) is 15.5 Å². The van der Waals surface area contributed by atoms with E-state index in [1.54, 1.807) is 19.1 Å². The van der Waals surface area contributed by atoms with Gasteiger partial charge < -0.3 is 15.1 Å². The monoisotopic (exact) mass is 383 g/mol. The zero-order valence-electron chi connectivity index (χ0n) is 16.3. The number of nitrogens with zero attached hydrogens (tertiary/aromatic N) is 1. The van der Waals surface area contributed by atoms with Crippen molar-refractivity contribution in [2.45, 2.75) is 38.6 Å². The smallest absolute Gasteiger partial charge is 0.325 e. The number of nitrogens with one attached hydrogen (secondary N) is 2. The summed E-state index contributed by atoms with van der Waals surface area (Å²) in [6.07, 6.45) is 2.11. The predicted octanol–water partition coefficient (Wildman–Crippen LogP) is 2.53. The number of imide groups is 1. The molecule has 2 N–H and O–H groups in total. The van der Waals surface area contributed by atoms with Crippen LogP contribution < -0.4 is 10.6 Å². The lowest BCUT2D eigenvalue weighted by Crippen LogP contribution is -2.43. The lowest BCUT2D eigenvalue weighted by molar-refractivity contribution is -0.135. The molecule has 7 nitrogen and oxygen atoms in total. The number of carbonyl (C=O) groups excluding carboxylic acids is 3. The van der Waals surface area contributed by atoms with Crippen molar-refractivity contribution in [3.05, 3.63) is 59.5 Å². The van der Waals surface area contributed by atoms with Crippen LogP contribution in [0.4, 0.5) is 4.79 Å². The summed E-state index contributed by atoms with van der Waals surface area (Å²) in [7, 11) is 0. The van der Waals surface area contributed by atoms with Gasteiger partial charge in [-0.3, -0.25) is 14.5 Å². The number of hydrogen-bond acceptors (Lipinski definition) is 4. The average molecular weight is 383 g/mol. The van der Waals surface area contributed by atoms with Gasteiger partial charge in [-0.1, -0.05) is 38.1 Å². The van der Waals surface area contributed by atoms with Gasteiger partial charge in [-0.2, -0.15) is 0 Å². The Morgan fingerprint density at radius 2 is 1.93 bits per heavy atom. The highest BCUT2D eigenvalue weighted by molar-refractivity contribution is 6.08. The number of benzene rings is 1. The third-order valence-electron chi connectivity index (χ3n) is 4.97. The standard InChI is InChI=1S/C21H25N3O4/c1-14(2)16-8-6-15(7-9-16)10-11-22-18(25)13-24-19(26)21(3,23-20(24)27)17-5-4-12-28-17/h4-9,12,14H,10-11,13H2,1-3H3,(H,22,25)(H,23,27). The second-order valence-corrected chi connectivity index (χ2v) is 7.42. The van der Waals surface area contributed by atoms with E-state index in [0.29, 0.717) is 24.6 Å². The number of furan rings is 1. The first-order valence-corrected chi connectivity index (χ1v) is 9.35. The second kappa shape index (κ2) is 7.88. The lowest BCUT2D eigenvalue weighted by atomic mass is 9.99. The van der Waals surface area contributed by atoms with Gasteiger partial charge >= 0.3 is 6.03 Å². The van der Waals surface area contributed by atoms with E-state index in [2.05, 4.69) is 36.6 Å². The molecule has 2 aromatic rings. The average Bonchev–Trinajstić information content (AvgIpc) is 3.27. The molecule has 28 heavy (non-hydrogen) atoms. The van der Waals surface area contributed by atoms with Crippen molar-refractivity contribution < 1.29 is 18.8 Å². The molecule has 0 radical (unpaired) electrons. The van der Waals surface area contributed by atoms with Crippen molar-refractivity contribution in [2.24, 2.45) is 0 Å². The molecular formula is C21H25N3O4. The molecule has 148 valence electrons. The van der Waals surface area contributed by atoms with Gasteiger partial charge in [-0.15, -0.1) is 0 Å². The van der Waals surface area contributed by atoms with E-state index in [0.717, 1.165) is 10.5 Å². The summed E-state index contributed by atoms with van der Waals surface area (Å²) in [4.78, 5) is 38.0. The van der Waals surface area contributed by atoms with Crippen LogP contribution in [0.2, 0.25) is 0 Å². The highest BCUT2D eigenvalue weighted by Gasteiger charge is 2.51. The van der Waals surface area contributed by atoms with E-state index in [1.807, 2.05) is 12.1 Å². The SMILES string of the molecule is CC(C)c1ccc(CCNC(=O)CN2C(=O)NC(C)(c3ccco3)C2=O)cc1. The van der Waals surface area contributed by atoms with Gasteiger partial charge in [0, 0.05) is 6.54 Å². The van der Waals surface area contributed by atoms with E-state index in [-0.39, 0.29) is 12.5 Å². The van der Waals surface area contributed by atoms with Crippen LogP contribution >= 0.6 is 0 Å². The molecule has 1 aromatic heterocycles. The Morgan fingerprint density at radius 1 is 1.21 bits per heavy atom. The Balaban J connectivity index is 1.52. The quantitative estimate of drug-likeness (QED) is 0.719. The molecule has 1 unspecified atom stereocenters. The van der Waals surface area contributed by atoms with E-state index in [1.165, 1.54) is 11.8 Å². The number of urea groups is 1. The first-order chi connectivity index (χ1) is 13.3. The zero-order valence-corrected chi connectivity index (χ0v) is 16.3. The first kappa shape index (κ1) is 19.7. The van der Waals surface area contributed by atoms with E-state index >= 15 is 0 Å². The Morgan fingerprint density at radius 3 is 2.54 bits per heavy atom. The molecule has 0 spiro atoms. The molecule has 1 fully saturated rings. The maximum absolute atomic E-state index is 12.7. The van der Waals surface area contributed by atoms with E-state index in [9.17, 15) is 14.4 Å². The maximum atomic E-state index is 12.7. The van der Waals surface area contributed by atoms with Crippen molar-refractivity contribution in [3.63, 3.8) is 0 Å². The lowest BCUT2D eigenvalue weighted by Gasteiger charge is -2.18. The van der Waals surface area contributed by atoms with Crippen molar-refractivity contribution in [2.75, 3.05) is 13.1 Å². The minimum Gasteiger partial charge on any atom is -0.466 e. The van der Waals surface area contributed by atoms with Crippen LogP contribution in [0.1, 0.15) is 43.6 Å². The molecular weight excluding hydrogens is 358 g/mol. The summed E-state index contributed by atoms with van der Waals surface area (Å²) in [5.41, 5.74) is 1.09. The Labute approximate surface area is 164 Å². The minimum absolute atomic E-state index is 0.326. The Kier molecular flexibility index (Phi) is 5.53. The maximum Gasteiger partial charge on any atom is 0.325 e. The molecule has 0 bridgehead atoms.